The fourth-order valence-corrected chi connectivity index (χ4v) is 1.81. The Kier molecular flexibility index (Phi) is 4.94. The molecule has 3 nitrogen and oxygen atoms in total. The highest BCUT2D eigenvalue weighted by Gasteiger charge is 2.34. The molecule has 0 aromatic heterocycles. The second-order valence-electron chi connectivity index (χ2n) is 5.61. The first-order valence-electron chi connectivity index (χ1n) is 6.01. The van der Waals surface area contributed by atoms with E-state index in [1.54, 1.807) is 0 Å². The fraction of sp³-hybridized carbons (Fsp3) is 0.538. The van der Waals surface area contributed by atoms with E-state index in [-0.39, 0.29) is 22.7 Å². The van der Waals surface area contributed by atoms with Crippen LogP contribution in [-0.2, 0) is 6.18 Å². The highest BCUT2D eigenvalue weighted by atomic mass is 35.5. The fourth-order valence-electron chi connectivity index (χ4n) is 1.59. The van der Waals surface area contributed by atoms with Gasteiger partial charge in [-0.3, -0.25) is 0 Å². The van der Waals surface area contributed by atoms with Crippen LogP contribution in [0.15, 0.2) is 12.1 Å². The summed E-state index contributed by atoms with van der Waals surface area (Å²) < 4.78 is 38.4. The standard InChI is InChI=1S/C13H18ClF3N2O/c1-12(2,3)19-6-10(20)7-4-8(13(15,16)17)11(18)9(14)5-7/h4-5,10,19-20H,6,18H2,1-3H3/t10-/m1/s1. The van der Waals surface area contributed by atoms with Crippen LogP contribution in [0.1, 0.15) is 38.0 Å². The van der Waals surface area contributed by atoms with E-state index in [1.165, 1.54) is 6.07 Å². The summed E-state index contributed by atoms with van der Waals surface area (Å²) in [5.41, 5.74) is 3.59. The van der Waals surface area contributed by atoms with Crippen LogP contribution < -0.4 is 11.1 Å². The number of aliphatic hydroxyl groups excluding tert-OH is 1. The smallest absolute Gasteiger partial charge is 0.397 e. The molecule has 7 heteroatoms. The zero-order valence-electron chi connectivity index (χ0n) is 11.5. The molecule has 1 rings (SSSR count). The maximum absolute atomic E-state index is 12.8. The zero-order chi connectivity index (χ0) is 15.7. The Hall–Kier alpha value is -0.980. The molecule has 0 fully saturated rings. The minimum atomic E-state index is -4.61. The van der Waals surface area contributed by atoms with Crippen LogP contribution >= 0.6 is 11.6 Å². The van der Waals surface area contributed by atoms with Gasteiger partial charge in [-0.2, -0.15) is 13.2 Å². The Labute approximate surface area is 120 Å². The highest BCUT2D eigenvalue weighted by Crippen LogP contribution is 2.38. The van der Waals surface area contributed by atoms with Crippen molar-refractivity contribution < 1.29 is 18.3 Å². The molecule has 0 heterocycles. The van der Waals surface area contributed by atoms with E-state index >= 15 is 0 Å². The number of β-amino-alcohol motifs (C(OH)–C–C–N with tert-alkyl or cyclic N) is 1. The number of aliphatic hydroxyl groups is 1. The lowest BCUT2D eigenvalue weighted by atomic mass is 10.0. The van der Waals surface area contributed by atoms with E-state index in [9.17, 15) is 18.3 Å². The lowest BCUT2D eigenvalue weighted by Crippen LogP contribution is -2.38. The molecule has 0 unspecified atom stereocenters. The van der Waals surface area contributed by atoms with Gasteiger partial charge in [-0.25, -0.2) is 0 Å². The Bertz CT molecular complexity index is 484. The molecule has 114 valence electrons. The first kappa shape index (κ1) is 17.1. The zero-order valence-corrected chi connectivity index (χ0v) is 12.2. The molecule has 0 saturated heterocycles. The maximum Gasteiger partial charge on any atom is 0.418 e. The Morgan fingerprint density at radius 2 is 1.85 bits per heavy atom. The number of nitrogens with two attached hydrogens (primary N) is 1. The number of nitrogen functional groups attached to an aromatic ring is 1. The molecule has 0 aliphatic heterocycles. The SMILES string of the molecule is CC(C)(C)NC[C@@H](O)c1cc(Cl)c(N)c(C(F)(F)F)c1. The minimum absolute atomic E-state index is 0.0771. The molecule has 0 saturated carbocycles. The molecule has 0 radical (unpaired) electrons. The second kappa shape index (κ2) is 5.79. The van der Waals surface area contributed by atoms with Crippen molar-refractivity contribution in [2.24, 2.45) is 0 Å². The lowest BCUT2D eigenvalue weighted by Gasteiger charge is -2.23. The molecule has 0 spiro atoms. The van der Waals surface area contributed by atoms with Crippen LogP contribution in [-0.4, -0.2) is 17.2 Å². The molecule has 0 amide bonds. The number of nitrogens with one attached hydrogen (secondary N) is 1. The second-order valence-corrected chi connectivity index (χ2v) is 6.02. The number of anilines is 1. The molecule has 4 N–H and O–H groups in total. The average Bonchev–Trinajstić information content (AvgIpc) is 2.26. The predicted octanol–water partition coefficient (Wildman–Crippen LogP) is 3.36. The molecule has 20 heavy (non-hydrogen) atoms. The van der Waals surface area contributed by atoms with Gasteiger partial charge in [0.1, 0.15) is 0 Å². The summed E-state index contributed by atoms with van der Waals surface area (Å²) in [6.45, 7) is 5.77. The van der Waals surface area contributed by atoms with Crippen molar-refractivity contribution in [2.45, 2.75) is 38.6 Å². The topological polar surface area (TPSA) is 58.3 Å². The van der Waals surface area contributed by atoms with Gasteiger partial charge in [-0.05, 0) is 38.5 Å². The van der Waals surface area contributed by atoms with Crippen molar-refractivity contribution in [3.05, 3.63) is 28.3 Å². The van der Waals surface area contributed by atoms with E-state index in [1.807, 2.05) is 20.8 Å². The Balaban J connectivity index is 3.05. The summed E-state index contributed by atoms with van der Waals surface area (Å²) in [5, 5.41) is 12.7. The normalized spacial score (nSPS) is 14.4. The monoisotopic (exact) mass is 310 g/mol. The maximum atomic E-state index is 12.8. The van der Waals surface area contributed by atoms with Crippen molar-refractivity contribution in [1.82, 2.24) is 5.32 Å². The minimum Gasteiger partial charge on any atom is -0.397 e. The number of halogens is 4. The average molecular weight is 311 g/mol. The quantitative estimate of drug-likeness (QED) is 0.750. The molecule has 0 aliphatic rings. The molecule has 1 aromatic carbocycles. The Morgan fingerprint density at radius 1 is 1.30 bits per heavy atom. The van der Waals surface area contributed by atoms with E-state index in [2.05, 4.69) is 5.32 Å². The highest BCUT2D eigenvalue weighted by molar-refractivity contribution is 6.33. The van der Waals surface area contributed by atoms with Crippen LogP contribution in [0.4, 0.5) is 18.9 Å². The third-order valence-corrected chi connectivity index (χ3v) is 2.98. The first-order valence-corrected chi connectivity index (χ1v) is 6.39. The van der Waals surface area contributed by atoms with Gasteiger partial charge in [0.25, 0.3) is 0 Å². The van der Waals surface area contributed by atoms with Gasteiger partial charge in [0.05, 0.1) is 22.4 Å². The van der Waals surface area contributed by atoms with Gasteiger partial charge in [-0.15, -0.1) is 0 Å². The van der Waals surface area contributed by atoms with Gasteiger partial charge in [0.15, 0.2) is 0 Å². The van der Waals surface area contributed by atoms with Gasteiger partial charge < -0.3 is 16.2 Å². The van der Waals surface area contributed by atoms with Crippen molar-refractivity contribution in [2.75, 3.05) is 12.3 Å². The van der Waals surface area contributed by atoms with E-state index in [0.717, 1.165) is 6.07 Å². The van der Waals surface area contributed by atoms with E-state index in [0.29, 0.717) is 0 Å². The molecule has 0 bridgehead atoms. The number of alkyl halides is 3. The van der Waals surface area contributed by atoms with E-state index in [4.69, 9.17) is 17.3 Å². The number of benzene rings is 1. The van der Waals surface area contributed by atoms with Crippen molar-refractivity contribution in [1.29, 1.82) is 0 Å². The number of hydrogen-bond acceptors (Lipinski definition) is 3. The number of hydrogen-bond donors (Lipinski definition) is 3. The third kappa shape index (κ3) is 4.54. The van der Waals surface area contributed by atoms with Gasteiger partial charge >= 0.3 is 6.18 Å². The van der Waals surface area contributed by atoms with Crippen molar-refractivity contribution in [3.8, 4) is 0 Å². The summed E-state index contributed by atoms with van der Waals surface area (Å²) in [6.07, 6.45) is -5.71. The Morgan fingerprint density at radius 3 is 2.30 bits per heavy atom. The van der Waals surface area contributed by atoms with Crippen LogP contribution in [0.5, 0.6) is 0 Å². The summed E-state index contributed by atoms with van der Waals surface area (Å²) in [6, 6.07) is 2.08. The summed E-state index contributed by atoms with van der Waals surface area (Å²) >= 11 is 5.70. The van der Waals surface area contributed by atoms with Gasteiger partial charge in [-0.1, -0.05) is 11.6 Å². The molecular formula is C13H18ClF3N2O. The number of rotatable bonds is 3. The van der Waals surface area contributed by atoms with Crippen molar-refractivity contribution in [3.63, 3.8) is 0 Å². The van der Waals surface area contributed by atoms with Crippen LogP contribution in [0.3, 0.4) is 0 Å². The van der Waals surface area contributed by atoms with Gasteiger partial charge in [0.2, 0.25) is 0 Å². The van der Waals surface area contributed by atoms with E-state index < -0.39 is 23.5 Å². The van der Waals surface area contributed by atoms with Crippen LogP contribution in [0, 0.1) is 0 Å². The molecule has 0 aliphatic carbocycles. The lowest BCUT2D eigenvalue weighted by molar-refractivity contribution is -0.137. The van der Waals surface area contributed by atoms with Crippen LogP contribution in [0.25, 0.3) is 0 Å². The third-order valence-electron chi connectivity index (χ3n) is 2.67. The van der Waals surface area contributed by atoms with Crippen molar-refractivity contribution >= 4 is 17.3 Å². The van der Waals surface area contributed by atoms with Crippen LogP contribution in [0.2, 0.25) is 5.02 Å². The molecular weight excluding hydrogens is 293 g/mol. The largest absolute Gasteiger partial charge is 0.418 e. The van der Waals surface area contributed by atoms with Gasteiger partial charge in [0, 0.05) is 12.1 Å². The first-order chi connectivity index (χ1) is 8.92. The molecule has 1 aromatic rings. The predicted molar refractivity (Wildman–Crippen MR) is 73.6 cm³/mol. The summed E-state index contributed by atoms with van der Waals surface area (Å²) in [7, 11) is 0. The summed E-state index contributed by atoms with van der Waals surface area (Å²) in [4.78, 5) is 0. The summed E-state index contributed by atoms with van der Waals surface area (Å²) in [5.74, 6) is 0. The molecule has 1 atom stereocenters.